The molecule has 2 aromatic rings. The number of halogens is 1. The fraction of sp³-hybridized carbons (Fsp3) is 0.400. The summed E-state index contributed by atoms with van der Waals surface area (Å²) in [4.78, 5) is 5.60. The predicted octanol–water partition coefficient (Wildman–Crippen LogP) is 3.06. The standard InChI is InChI=1S/C15H17FN2S/c1-11-14(19-10-18-11)6-7-15(8-17-9-15)12-4-2-3-5-13(12)16/h2-5,10,17H,6-9H2,1H3. The van der Waals surface area contributed by atoms with E-state index in [4.69, 9.17) is 0 Å². The van der Waals surface area contributed by atoms with Gasteiger partial charge in [0.2, 0.25) is 0 Å². The van der Waals surface area contributed by atoms with Crippen LogP contribution in [0.3, 0.4) is 0 Å². The number of thiazole rings is 1. The van der Waals surface area contributed by atoms with Gasteiger partial charge in [0, 0.05) is 23.4 Å². The Kier molecular flexibility index (Phi) is 3.37. The highest BCUT2D eigenvalue weighted by atomic mass is 32.1. The van der Waals surface area contributed by atoms with Crippen molar-refractivity contribution in [3.63, 3.8) is 0 Å². The molecule has 100 valence electrons. The van der Waals surface area contributed by atoms with E-state index in [0.29, 0.717) is 0 Å². The molecule has 1 fully saturated rings. The Bertz CT molecular complexity index is 575. The Morgan fingerprint density at radius 2 is 2.16 bits per heavy atom. The third kappa shape index (κ3) is 2.30. The van der Waals surface area contributed by atoms with E-state index >= 15 is 0 Å². The zero-order chi connectivity index (χ0) is 13.3. The molecule has 4 heteroatoms. The molecule has 2 nitrogen and oxygen atoms in total. The van der Waals surface area contributed by atoms with E-state index < -0.39 is 0 Å². The topological polar surface area (TPSA) is 24.9 Å². The van der Waals surface area contributed by atoms with E-state index in [1.807, 2.05) is 24.6 Å². The Morgan fingerprint density at radius 1 is 1.37 bits per heavy atom. The lowest BCUT2D eigenvalue weighted by molar-refractivity contribution is 0.250. The van der Waals surface area contributed by atoms with Gasteiger partial charge in [-0.1, -0.05) is 18.2 Å². The number of aryl methyl sites for hydroxylation is 2. The van der Waals surface area contributed by atoms with Crippen LogP contribution in [0.2, 0.25) is 0 Å². The molecule has 0 aliphatic carbocycles. The molecule has 3 rings (SSSR count). The summed E-state index contributed by atoms with van der Waals surface area (Å²) in [5.74, 6) is -0.0787. The van der Waals surface area contributed by atoms with Crippen LogP contribution in [-0.4, -0.2) is 18.1 Å². The first-order valence-corrected chi connectivity index (χ1v) is 7.44. The van der Waals surface area contributed by atoms with Crippen molar-refractivity contribution in [2.75, 3.05) is 13.1 Å². The van der Waals surface area contributed by atoms with Crippen molar-refractivity contribution in [2.24, 2.45) is 0 Å². The van der Waals surface area contributed by atoms with Gasteiger partial charge in [-0.25, -0.2) is 9.37 Å². The van der Waals surface area contributed by atoms with Gasteiger partial charge >= 0.3 is 0 Å². The van der Waals surface area contributed by atoms with E-state index in [1.54, 1.807) is 23.5 Å². The van der Waals surface area contributed by atoms with Gasteiger partial charge < -0.3 is 5.32 Å². The number of nitrogens with zero attached hydrogens (tertiary/aromatic N) is 1. The van der Waals surface area contributed by atoms with E-state index in [0.717, 1.165) is 37.2 Å². The molecule has 0 saturated carbocycles. The van der Waals surface area contributed by atoms with Gasteiger partial charge in [-0.05, 0) is 31.4 Å². The van der Waals surface area contributed by atoms with Crippen LogP contribution in [0.25, 0.3) is 0 Å². The molecule has 1 aromatic carbocycles. The quantitative estimate of drug-likeness (QED) is 0.928. The Hall–Kier alpha value is -1.26. The van der Waals surface area contributed by atoms with Crippen LogP contribution < -0.4 is 5.32 Å². The fourth-order valence-electron chi connectivity index (χ4n) is 2.74. The van der Waals surface area contributed by atoms with Crippen LogP contribution >= 0.6 is 11.3 Å². The second-order valence-electron chi connectivity index (χ2n) is 5.22. The van der Waals surface area contributed by atoms with Crippen molar-refractivity contribution in [2.45, 2.75) is 25.2 Å². The number of benzene rings is 1. The van der Waals surface area contributed by atoms with Crippen LogP contribution in [0.15, 0.2) is 29.8 Å². The van der Waals surface area contributed by atoms with Crippen LogP contribution in [0.4, 0.5) is 4.39 Å². The Morgan fingerprint density at radius 3 is 2.74 bits per heavy atom. The molecule has 0 amide bonds. The highest BCUT2D eigenvalue weighted by molar-refractivity contribution is 7.09. The van der Waals surface area contributed by atoms with Gasteiger partial charge in [0.05, 0.1) is 11.2 Å². The smallest absolute Gasteiger partial charge is 0.127 e. The largest absolute Gasteiger partial charge is 0.315 e. The van der Waals surface area contributed by atoms with E-state index in [-0.39, 0.29) is 11.2 Å². The average molecular weight is 276 g/mol. The van der Waals surface area contributed by atoms with Gasteiger partial charge in [0.15, 0.2) is 0 Å². The molecule has 1 saturated heterocycles. The maximum Gasteiger partial charge on any atom is 0.127 e. The predicted molar refractivity (Wildman–Crippen MR) is 76.1 cm³/mol. The van der Waals surface area contributed by atoms with E-state index in [2.05, 4.69) is 10.3 Å². The molecule has 19 heavy (non-hydrogen) atoms. The molecule has 1 aromatic heterocycles. The molecule has 0 radical (unpaired) electrons. The van der Waals surface area contributed by atoms with Crippen LogP contribution in [0.1, 0.15) is 22.6 Å². The minimum atomic E-state index is -0.0787. The lowest BCUT2D eigenvalue weighted by Crippen LogP contribution is -2.57. The summed E-state index contributed by atoms with van der Waals surface area (Å²) in [6.07, 6.45) is 1.95. The van der Waals surface area contributed by atoms with Gasteiger partial charge in [0.25, 0.3) is 0 Å². The number of nitrogens with one attached hydrogen (secondary N) is 1. The Labute approximate surface area is 116 Å². The molecule has 0 atom stereocenters. The fourth-order valence-corrected chi connectivity index (χ4v) is 3.52. The lowest BCUT2D eigenvalue weighted by Gasteiger charge is -2.43. The minimum absolute atomic E-state index is 0.0399. The Balaban J connectivity index is 1.81. The summed E-state index contributed by atoms with van der Waals surface area (Å²) < 4.78 is 14.0. The van der Waals surface area contributed by atoms with Crippen molar-refractivity contribution < 1.29 is 4.39 Å². The molecule has 1 aliphatic heterocycles. The van der Waals surface area contributed by atoms with Crippen molar-refractivity contribution in [3.05, 3.63) is 51.7 Å². The zero-order valence-corrected chi connectivity index (χ0v) is 11.8. The second-order valence-corrected chi connectivity index (χ2v) is 6.16. The molecule has 1 N–H and O–H groups in total. The molecular weight excluding hydrogens is 259 g/mol. The molecule has 0 spiro atoms. The second kappa shape index (κ2) is 5.02. The first-order chi connectivity index (χ1) is 9.21. The zero-order valence-electron chi connectivity index (χ0n) is 10.9. The number of hydrogen-bond acceptors (Lipinski definition) is 3. The first-order valence-electron chi connectivity index (χ1n) is 6.56. The van der Waals surface area contributed by atoms with Gasteiger partial charge in [0.1, 0.15) is 5.82 Å². The lowest BCUT2D eigenvalue weighted by atomic mass is 9.71. The van der Waals surface area contributed by atoms with Crippen molar-refractivity contribution in [1.82, 2.24) is 10.3 Å². The van der Waals surface area contributed by atoms with Crippen molar-refractivity contribution >= 4 is 11.3 Å². The van der Waals surface area contributed by atoms with E-state index in [1.165, 1.54) is 4.88 Å². The number of hydrogen-bond donors (Lipinski definition) is 1. The third-order valence-corrected chi connectivity index (χ3v) is 5.04. The van der Waals surface area contributed by atoms with Crippen LogP contribution in [0, 0.1) is 12.7 Å². The van der Waals surface area contributed by atoms with Crippen LogP contribution in [-0.2, 0) is 11.8 Å². The summed E-state index contributed by atoms with van der Waals surface area (Å²) in [5, 5.41) is 3.29. The SMILES string of the molecule is Cc1ncsc1CCC1(c2ccccc2F)CNC1. The van der Waals surface area contributed by atoms with Crippen molar-refractivity contribution in [3.8, 4) is 0 Å². The van der Waals surface area contributed by atoms with Gasteiger partial charge in [-0.2, -0.15) is 0 Å². The highest BCUT2D eigenvalue weighted by Gasteiger charge is 2.40. The summed E-state index contributed by atoms with van der Waals surface area (Å²) in [6.45, 7) is 3.78. The first kappa shape index (κ1) is 12.8. The summed E-state index contributed by atoms with van der Waals surface area (Å²) in [7, 11) is 0. The minimum Gasteiger partial charge on any atom is -0.315 e. The summed E-state index contributed by atoms with van der Waals surface area (Å²) >= 11 is 1.70. The summed E-state index contributed by atoms with van der Waals surface area (Å²) in [5.41, 5.74) is 3.82. The number of aromatic nitrogens is 1. The third-order valence-electron chi connectivity index (χ3n) is 4.05. The van der Waals surface area contributed by atoms with Crippen LogP contribution in [0.5, 0.6) is 0 Å². The number of rotatable bonds is 4. The van der Waals surface area contributed by atoms with Crippen molar-refractivity contribution in [1.29, 1.82) is 0 Å². The van der Waals surface area contributed by atoms with E-state index in [9.17, 15) is 4.39 Å². The van der Waals surface area contributed by atoms with Gasteiger partial charge in [-0.15, -0.1) is 11.3 Å². The average Bonchev–Trinajstić information content (AvgIpc) is 2.76. The normalized spacial score (nSPS) is 17.2. The molecule has 1 aliphatic rings. The molecular formula is C15H17FN2S. The maximum atomic E-state index is 14.0. The monoisotopic (exact) mass is 276 g/mol. The molecule has 2 heterocycles. The maximum absolute atomic E-state index is 14.0. The molecule has 0 bridgehead atoms. The van der Waals surface area contributed by atoms with Gasteiger partial charge in [-0.3, -0.25) is 0 Å². The highest BCUT2D eigenvalue weighted by Crippen LogP contribution is 2.35. The molecule has 0 unspecified atom stereocenters. The summed E-state index contributed by atoms with van der Waals surface area (Å²) in [6, 6.07) is 7.17.